The SMILES string of the molecule is O=C(O)C1CN(Cc2nc(-c3ccsc3)no2)CCO1. The van der Waals surface area contributed by atoms with E-state index in [0.717, 1.165) is 5.56 Å². The zero-order chi connectivity index (χ0) is 13.9. The predicted octanol–water partition coefficient (Wildman–Crippen LogP) is 1.08. The van der Waals surface area contributed by atoms with Crippen molar-refractivity contribution in [3.8, 4) is 11.4 Å². The molecule has 0 saturated carbocycles. The number of carboxylic acid groups (broad SMARTS) is 1. The van der Waals surface area contributed by atoms with E-state index in [1.807, 2.05) is 21.7 Å². The molecule has 2 aromatic rings. The number of ether oxygens (including phenoxy) is 1. The van der Waals surface area contributed by atoms with Crippen molar-refractivity contribution >= 4 is 17.3 Å². The van der Waals surface area contributed by atoms with Crippen LogP contribution in [0.2, 0.25) is 0 Å². The number of carbonyl (C=O) groups is 1. The van der Waals surface area contributed by atoms with Gasteiger partial charge in [-0.2, -0.15) is 16.3 Å². The Morgan fingerprint density at radius 1 is 1.60 bits per heavy atom. The molecule has 1 fully saturated rings. The molecule has 0 amide bonds. The summed E-state index contributed by atoms with van der Waals surface area (Å²) in [6.45, 7) is 1.80. The average Bonchev–Trinajstić information content (AvgIpc) is 3.09. The summed E-state index contributed by atoms with van der Waals surface area (Å²) in [6.07, 6.45) is -0.789. The topological polar surface area (TPSA) is 88.7 Å². The van der Waals surface area contributed by atoms with Crippen LogP contribution in [0.25, 0.3) is 11.4 Å². The highest BCUT2D eigenvalue weighted by Gasteiger charge is 2.27. The van der Waals surface area contributed by atoms with Gasteiger partial charge in [0.1, 0.15) is 0 Å². The molecule has 0 bridgehead atoms. The van der Waals surface area contributed by atoms with Gasteiger partial charge in [0.05, 0.1) is 13.2 Å². The third kappa shape index (κ3) is 2.87. The minimum atomic E-state index is -0.945. The molecule has 1 aliphatic heterocycles. The molecule has 20 heavy (non-hydrogen) atoms. The van der Waals surface area contributed by atoms with Crippen molar-refractivity contribution in [2.45, 2.75) is 12.6 Å². The lowest BCUT2D eigenvalue weighted by Gasteiger charge is -2.29. The fraction of sp³-hybridized carbons (Fsp3) is 0.417. The number of morpholine rings is 1. The van der Waals surface area contributed by atoms with Gasteiger partial charge in [-0.3, -0.25) is 4.90 Å². The molecule has 7 nitrogen and oxygen atoms in total. The number of aromatic nitrogens is 2. The molecule has 1 N–H and O–H groups in total. The molecular formula is C12H13N3O4S. The summed E-state index contributed by atoms with van der Waals surface area (Å²) >= 11 is 1.57. The molecule has 0 radical (unpaired) electrons. The van der Waals surface area contributed by atoms with Gasteiger partial charge in [-0.25, -0.2) is 4.79 Å². The van der Waals surface area contributed by atoms with Crippen molar-refractivity contribution in [1.82, 2.24) is 15.0 Å². The van der Waals surface area contributed by atoms with Crippen LogP contribution in [0, 0.1) is 0 Å². The second kappa shape index (κ2) is 5.70. The van der Waals surface area contributed by atoms with Crippen LogP contribution >= 0.6 is 11.3 Å². The molecule has 106 valence electrons. The number of rotatable bonds is 4. The Morgan fingerprint density at radius 2 is 2.50 bits per heavy atom. The summed E-state index contributed by atoms with van der Waals surface area (Å²) in [7, 11) is 0. The second-order valence-electron chi connectivity index (χ2n) is 4.46. The van der Waals surface area contributed by atoms with Gasteiger partial charge < -0.3 is 14.4 Å². The lowest BCUT2D eigenvalue weighted by Crippen LogP contribution is -2.45. The smallest absolute Gasteiger partial charge is 0.334 e. The first-order valence-electron chi connectivity index (χ1n) is 6.14. The van der Waals surface area contributed by atoms with Gasteiger partial charge in [0.15, 0.2) is 6.10 Å². The number of thiophene rings is 1. The van der Waals surface area contributed by atoms with E-state index in [2.05, 4.69) is 10.1 Å². The molecule has 0 spiro atoms. The van der Waals surface area contributed by atoms with Gasteiger partial charge in [0.2, 0.25) is 11.7 Å². The van der Waals surface area contributed by atoms with Crippen molar-refractivity contribution in [1.29, 1.82) is 0 Å². The van der Waals surface area contributed by atoms with Crippen LogP contribution < -0.4 is 0 Å². The van der Waals surface area contributed by atoms with E-state index in [9.17, 15) is 4.79 Å². The second-order valence-corrected chi connectivity index (χ2v) is 5.24. The third-order valence-electron chi connectivity index (χ3n) is 3.03. The summed E-state index contributed by atoms with van der Waals surface area (Å²) in [4.78, 5) is 17.2. The normalized spacial score (nSPS) is 20.1. The highest BCUT2D eigenvalue weighted by Crippen LogP contribution is 2.19. The Balaban J connectivity index is 1.64. The van der Waals surface area contributed by atoms with Crippen molar-refractivity contribution in [3.05, 3.63) is 22.7 Å². The minimum Gasteiger partial charge on any atom is -0.479 e. The standard InChI is InChI=1S/C12H13N3O4S/c16-12(17)9-5-15(2-3-18-9)6-10-13-11(14-19-10)8-1-4-20-7-8/h1,4,7,9H,2-3,5-6H2,(H,16,17). The van der Waals surface area contributed by atoms with Crippen LogP contribution in [-0.4, -0.2) is 51.9 Å². The molecule has 1 aliphatic rings. The molecule has 8 heteroatoms. The van der Waals surface area contributed by atoms with Crippen LogP contribution in [0.4, 0.5) is 0 Å². The lowest BCUT2D eigenvalue weighted by atomic mass is 10.2. The van der Waals surface area contributed by atoms with E-state index in [1.54, 1.807) is 11.3 Å². The molecule has 0 aromatic carbocycles. The lowest BCUT2D eigenvalue weighted by molar-refractivity contribution is -0.156. The van der Waals surface area contributed by atoms with Crippen molar-refractivity contribution in [2.24, 2.45) is 0 Å². The Hall–Kier alpha value is -1.77. The van der Waals surface area contributed by atoms with E-state index in [1.165, 1.54) is 0 Å². The Morgan fingerprint density at radius 3 is 3.25 bits per heavy atom. The fourth-order valence-electron chi connectivity index (χ4n) is 2.01. The third-order valence-corrected chi connectivity index (χ3v) is 3.72. The quantitative estimate of drug-likeness (QED) is 0.902. The van der Waals surface area contributed by atoms with Gasteiger partial charge in [-0.05, 0) is 11.4 Å². The van der Waals surface area contributed by atoms with Crippen LogP contribution in [0.3, 0.4) is 0 Å². The summed E-state index contributed by atoms with van der Waals surface area (Å²) in [5, 5.41) is 16.8. The van der Waals surface area contributed by atoms with E-state index < -0.39 is 12.1 Å². The Bertz CT molecular complexity index is 583. The first-order chi connectivity index (χ1) is 9.72. The molecule has 1 atom stereocenters. The van der Waals surface area contributed by atoms with E-state index in [0.29, 0.717) is 38.0 Å². The van der Waals surface area contributed by atoms with Crippen LogP contribution in [-0.2, 0) is 16.1 Å². The number of hydrogen-bond donors (Lipinski definition) is 1. The van der Waals surface area contributed by atoms with E-state index in [-0.39, 0.29) is 0 Å². The van der Waals surface area contributed by atoms with Crippen LogP contribution in [0.5, 0.6) is 0 Å². The van der Waals surface area contributed by atoms with Crippen molar-refractivity contribution in [2.75, 3.05) is 19.7 Å². The number of carboxylic acids is 1. The molecular weight excluding hydrogens is 282 g/mol. The van der Waals surface area contributed by atoms with Gasteiger partial charge in [-0.1, -0.05) is 5.16 Å². The van der Waals surface area contributed by atoms with Crippen LogP contribution in [0.15, 0.2) is 21.3 Å². The number of aliphatic carboxylic acids is 1. The Labute approximate surface area is 118 Å². The molecule has 3 rings (SSSR count). The largest absolute Gasteiger partial charge is 0.479 e. The zero-order valence-electron chi connectivity index (χ0n) is 10.6. The maximum atomic E-state index is 10.9. The van der Waals surface area contributed by atoms with Crippen LogP contribution in [0.1, 0.15) is 5.89 Å². The fourth-order valence-corrected chi connectivity index (χ4v) is 2.65. The van der Waals surface area contributed by atoms with Gasteiger partial charge >= 0.3 is 5.97 Å². The van der Waals surface area contributed by atoms with Crippen molar-refractivity contribution in [3.63, 3.8) is 0 Å². The predicted molar refractivity (Wildman–Crippen MR) is 70.3 cm³/mol. The number of hydrogen-bond acceptors (Lipinski definition) is 7. The van der Waals surface area contributed by atoms with Gasteiger partial charge in [-0.15, -0.1) is 0 Å². The maximum Gasteiger partial charge on any atom is 0.334 e. The zero-order valence-corrected chi connectivity index (χ0v) is 11.4. The molecule has 2 aromatic heterocycles. The summed E-state index contributed by atoms with van der Waals surface area (Å²) in [5.74, 6) is 0.0979. The van der Waals surface area contributed by atoms with Gasteiger partial charge in [0, 0.05) is 24.0 Å². The highest BCUT2D eigenvalue weighted by molar-refractivity contribution is 7.08. The first kappa shape index (κ1) is 13.2. The average molecular weight is 295 g/mol. The number of nitrogens with zero attached hydrogens (tertiary/aromatic N) is 3. The summed E-state index contributed by atoms with van der Waals surface area (Å²) in [5.41, 5.74) is 0.926. The Kier molecular flexibility index (Phi) is 3.77. The molecule has 3 heterocycles. The summed E-state index contributed by atoms with van der Waals surface area (Å²) < 4.78 is 10.4. The monoisotopic (exact) mass is 295 g/mol. The molecule has 1 unspecified atom stereocenters. The minimum absolute atomic E-state index is 0.325. The maximum absolute atomic E-state index is 10.9. The van der Waals surface area contributed by atoms with E-state index in [4.69, 9.17) is 14.4 Å². The molecule has 1 saturated heterocycles. The van der Waals surface area contributed by atoms with Gasteiger partial charge in [0.25, 0.3) is 0 Å². The van der Waals surface area contributed by atoms with Crippen molar-refractivity contribution < 1.29 is 19.2 Å². The summed E-state index contributed by atoms with van der Waals surface area (Å²) in [6, 6.07) is 1.93. The first-order valence-corrected chi connectivity index (χ1v) is 7.08. The molecule has 0 aliphatic carbocycles. The van der Waals surface area contributed by atoms with E-state index >= 15 is 0 Å². The highest BCUT2D eigenvalue weighted by atomic mass is 32.1.